The standard InChI is InChI=1S/C16H15NO4/c1-10-9-21-13(8-14(18)19)15(10)16(20)17-7-6-11-4-2-3-5-12(11)17/h2-5,9H,6-8H2,1H3,(H,18,19). The van der Waals surface area contributed by atoms with Crippen LogP contribution in [0.2, 0.25) is 0 Å². The molecule has 0 saturated carbocycles. The number of para-hydroxylation sites is 1. The van der Waals surface area contributed by atoms with E-state index in [4.69, 9.17) is 9.52 Å². The maximum absolute atomic E-state index is 12.8. The van der Waals surface area contributed by atoms with Crippen molar-refractivity contribution in [3.63, 3.8) is 0 Å². The van der Waals surface area contributed by atoms with E-state index in [0.717, 1.165) is 17.7 Å². The number of amides is 1. The van der Waals surface area contributed by atoms with Gasteiger partial charge in [-0.05, 0) is 25.0 Å². The van der Waals surface area contributed by atoms with Crippen molar-refractivity contribution >= 4 is 17.6 Å². The van der Waals surface area contributed by atoms with Crippen LogP contribution >= 0.6 is 0 Å². The Bertz CT molecular complexity index is 717. The molecular weight excluding hydrogens is 270 g/mol. The molecule has 1 aliphatic rings. The Morgan fingerprint density at radius 2 is 2.10 bits per heavy atom. The first kappa shape index (κ1) is 13.4. The molecule has 0 fully saturated rings. The molecule has 0 atom stereocenters. The summed E-state index contributed by atoms with van der Waals surface area (Å²) >= 11 is 0. The average molecular weight is 285 g/mol. The van der Waals surface area contributed by atoms with Crippen molar-refractivity contribution in [2.24, 2.45) is 0 Å². The van der Waals surface area contributed by atoms with Crippen LogP contribution in [0.25, 0.3) is 0 Å². The minimum Gasteiger partial charge on any atom is -0.481 e. The zero-order valence-corrected chi connectivity index (χ0v) is 11.6. The predicted molar refractivity (Wildman–Crippen MR) is 76.6 cm³/mol. The van der Waals surface area contributed by atoms with Crippen molar-refractivity contribution in [3.8, 4) is 0 Å². The summed E-state index contributed by atoms with van der Waals surface area (Å²) in [6.07, 6.45) is 1.96. The number of carboxylic acids is 1. The molecule has 21 heavy (non-hydrogen) atoms. The summed E-state index contributed by atoms with van der Waals surface area (Å²) in [6, 6.07) is 7.76. The average Bonchev–Trinajstić information content (AvgIpc) is 3.02. The molecule has 5 nitrogen and oxygen atoms in total. The van der Waals surface area contributed by atoms with Crippen LogP contribution in [-0.2, 0) is 17.6 Å². The fourth-order valence-electron chi connectivity index (χ4n) is 2.74. The number of aliphatic carboxylic acids is 1. The Morgan fingerprint density at radius 1 is 1.33 bits per heavy atom. The molecule has 1 aliphatic heterocycles. The number of fused-ring (bicyclic) bond motifs is 1. The number of carbonyl (C=O) groups excluding carboxylic acids is 1. The molecule has 108 valence electrons. The number of hydrogen-bond donors (Lipinski definition) is 1. The SMILES string of the molecule is Cc1coc(CC(=O)O)c1C(=O)N1CCc2ccccc21. The van der Waals surface area contributed by atoms with Gasteiger partial charge in [-0.25, -0.2) is 0 Å². The van der Waals surface area contributed by atoms with Gasteiger partial charge in [-0.15, -0.1) is 0 Å². The lowest BCUT2D eigenvalue weighted by Crippen LogP contribution is -2.30. The van der Waals surface area contributed by atoms with E-state index in [-0.39, 0.29) is 18.1 Å². The third-order valence-corrected chi connectivity index (χ3v) is 3.71. The second-order valence-electron chi connectivity index (χ2n) is 5.12. The van der Waals surface area contributed by atoms with Gasteiger partial charge >= 0.3 is 5.97 Å². The van der Waals surface area contributed by atoms with Gasteiger partial charge in [0.2, 0.25) is 0 Å². The molecule has 0 bridgehead atoms. The van der Waals surface area contributed by atoms with Crippen LogP contribution in [0.4, 0.5) is 5.69 Å². The molecule has 1 amide bonds. The number of anilines is 1. The van der Waals surface area contributed by atoms with E-state index in [2.05, 4.69) is 0 Å². The number of benzene rings is 1. The van der Waals surface area contributed by atoms with Gasteiger partial charge in [-0.3, -0.25) is 9.59 Å². The van der Waals surface area contributed by atoms with Crippen molar-refractivity contribution in [1.29, 1.82) is 0 Å². The zero-order chi connectivity index (χ0) is 15.0. The maximum atomic E-state index is 12.8. The van der Waals surface area contributed by atoms with Crippen molar-refractivity contribution in [2.45, 2.75) is 19.8 Å². The van der Waals surface area contributed by atoms with E-state index in [1.807, 2.05) is 24.3 Å². The van der Waals surface area contributed by atoms with Crippen LogP contribution in [0.1, 0.15) is 27.2 Å². The van der Waals surface area contributed by atoms with Crippen molar-refractivity contribution < 1.29 is 19.1 Å². The molecular formula is C16H15NO4. The van der Waals surface area contributed by atoms with E-state index in [9.17, 15) is 9.59 Å². The monoisotopic (exact) mass is 285 g/mol. The summed E-state index contributed by atoms with van der Waals surface area (Å²) in [5, 5.41) is 8.92. The lowest BCUT2D eigenvalue weighted by Gasteiger charge is -2.17. The number of furan rings is 1. The van der Waals surface area contributed by atoms with Gasteiger partial charge in [0.15, 0.2) is 0 Å². The van der Waals surface area contributed by atoms with Crippen molar-refractivity contribution in [2.75, 3.05) is 11.4 Å². The van der Waals surface area contributed by atoms with Crippen LogP contribution < -0.4 is 4.90 Å². The highest BCUT2D eigenvalue weighted by atomic mass is 16.4. The Balaban J connectivity index is 1.97. The number of hydrogen-bond acceptors (Lipinski definition) is 3. The van der Waals surface area contributed by atoms with Gasteiger partial charge in [0.05, 0.1) is 11.8 Å². The largest absolute Gasteiger partial charge is 0.481 e. The molecule has 1 aromatic carbocycles. The summed E-state index contributed by atoms with van der Waals surface area (Å²) in [5.74, 6) is -0.989. The minimum absolute atomic E-state index is 0.192. The fraction of sp³-hybridized carbons (Fsp3) is 0.250. The van der Waals surface area contributed by atoms with Crippen LogP contribution in [0.15, 0.2) is 34.9 Å². The Hall–Kier alpha value is -2.56. The van der Waals surface area contributed by atoms with Gasteiger partial charge in [0.1, 0.15) is 12.2 Å². The Kier molecular flexibility index (Phi) is 3.25. The number of nitrogens with zero attached hydrogens (tertiary/aromatic N) is 1. The highest BCUT2D eigenvalue weighted by Crippen LogP contribution is 2.30. The van der Waals surface area contributed by atoms with Crippen LogP contribution in [-0.4, -0.2) is 23.5 Å². The van der Waals surface area contributed by atoms with E-state index >= 15 is 0 Å². The van der Waals surface area contributed by atoms with E-state index in [1.54, 1.807) is 11.8 Å². The molecule has 0 unspecified atom stereocenters. The number of rotatable bonds is 3. The summed E-state index contributed by atoms with van der Waals surface area (Å²) in [7, 11) is 0. The predicted octanol–water partition coefficient (Wildman–Crippen LogP) is 2.42. The first-order valence-corrected chi connectivity index (χ1v) is 6.76. The molecule has 0 radical (unpaired) electrons. The highest BCUT2D eigenvalue weighted by molar-refractivity contribution is 6.09. The molecule has 0 aliphatic carbocycles. The number of carbonyl (C=O) groups is 2. The quantitative estimate of drug-likeness (QED) is 0.940. The Morgan fingerprint density at radius 3 is 2.86 bits per heavy atom. The normalized spacial score (nSPS) is 13.3. The van der Waals surface area contributed by atoms with Gasteiger partial charge in [-0.1, -0.05) is 18.2 Å². The number of aryl methyl sites for hydroxylation is 1. The van der Waals surface area contributed by atoms with E-state index in [0.29, 0.717) is 17.7 Å². The molecule has 1 aromatic heterocycles. The first-order chi connectivity index (χ1) is 10.1. The summed E-state index contributed by atoms with van der Waals surface area (Å²) in [5.41, 5.74) is 3.06. The second-order valence-corrected chi connectivity index (χ2v) is 5.12. The van der Waals surface area contributed by atoms with Crippen LogP contribution in [0.5, 0.6) is 0 Å². The molecule has 2 heterocycles. The lowest BCUT2D eigenvalue weighted by atomic mass is 10.1. The molecule has 1 N–H and O–H groups in total. The molecule has 5 heteroatoms. The molecule has 0 saturated heterocycles. The van der Waals surface area contributed by atoms with Crippen molar-refractivity contribution in [3.05, 3.63) is 53.0 Å². The van der Waals surface area contributed by atoms with Crippen LogP contribution in [0, 0.1) is 6.92 Å². The van der Waals surface area contributed by atoms with Gasteiger partial charge < -0.3 is 14.4 Å². The van der Waals surface area contributed by atoms with Crippen LogP contribution in [0.3, 0.4) is 0 Å². The van der Waals surface area contributed by atoms with Gasteiger partial charge in [0.25, 0.3) is 5.91 Å². The third kappa shape index (κ3) is 2.31. The second kappa shape index (κ2) is 5.09. The van der Waals surface area contributed by atoms with Gasteiger partial charge in [-0.2, -0.15) is 0 Å². The fourth-order valence-corrected chi connectivity index (χ4v) is 2.74. The summed E-state index contributed by atoms with van der Waals surface area (Å²) in [4.78, 5) is 25.3. The van der Waals surface area contributed by atoms with E-state index in [1.165, 1.54) is 6.26 Å². The third-order valence-electron chi connectivity index (χ3n) is 3.71. The topological polar surface area (TPSA) is 70.7 Å². The maximum Gasteiger partial charge on any atom is 0.311 e. The molecule has 2 aromatic rings. The first-order valence-electron chi connectivity index (χ1n) is 6.76. The van der Waals surface area contributed by atoms with Crippen molar-refractivity contribution in [1.82, 2.24) is 0 Å². The molecule has 0 spiro atoms. The smallest absolute Gasteiger partial charge is 0.311 e. The minimum atomic E-state index is -1.01. The highest BCUT2D eigenvalue weighted by Gasteiger charge is 2.29. The molecule has 3 rings (SSSR count). The number of carboxylic acid groups (broad SMARTS) is 1. The Labute approximate surface area is 121 Å². The zero-order valence-electron chi connectivity index (χ0n) is 11.6. The van der Waals surface area contributed by atoms with E-state index < -0.39 is 5.97 Å². The summed E-state index contributed by atoms with van der Waals surface area (Å²) < 4.78 is 5.25. The van der Waals surface area contributed by atoms with Gasteiger partial charge in [0, 0.05) is 17.8 Å². The summed E-state index contributed by atoms with van der Waals surface area (Å²) in [6.45, 7) is 2.36. The lowest BCUT2D eigenvalue weighted by molar-refractivity contribution is -0.136.